The summed E-state index contributed by atoms with van der Waals surface area (Å²) in [6.07, 6.45) is 3.46. The van der Waals surface area contributed by atoms with Gasteiger partial charge in [-0.05, 0) is 37.6 Å². The third-order valence-electron chi connectivity index (χ3n) is 4.39. The molecule has 0 radical (unpaired) electrons. The number of anilines is 1. The van der Waals surface area contributed by atoms with E-state index < -0.39 is 5.54 Å². The van der Waals surface area contributed by atoms with E-state index in [0.29, 0.717) is 24.1 Å². The Morgan fingerprint density at radius 3 is 2.28 bits per heavy atom. The Hall–Kier alpha value is -2.34. The standard InChI is InChI=1S/C18H22ClN5O/c1-18(2,14-4-6-15(19)7-5-14)22-17(25)24-12-10-23(11-13-24)16-20-8-3-9-21-16/h3-9H,10-13H2,1-2H3,(H,22,25). The molecule has 2 amide bonds. The molecule has 1 aliphatic rings. The molecule has 0 bridgehead atoms. The number of aromatic nitrogens is 2. The highest BCUT2D eigenvalue weighted by atomic mass is 35.5. The Bertz CT molecular complexity index is 712. The fourth-order valence-corrected chi connectivity index (χ4v) is 2.98. The quantitative estimate of drug-likeness (QED) is 0.915. The van der Waals surface area contributed by atoms with Crippen molar-refractivity contribution in [2.24, 2.45) is 0 Å². The van der Waals surface area contributed by atoms with E-state index in [4.69, 9.17) is 11.6 Å². The molecule has 25 heavy (non-hydrogen) atoms. The fraction of sp³-hybridized carbons (Fsp3) is 0.389. The van der Waals surface area contributed by atoms with Gasteiger partial charge in [-0.3, -0.25) is 0 Å². The molecule has 1 aliphatic heterocycles. The topological polar surface area (TPSA) is 61.4 Å². The van der Waals surface area contributed by atoms with Gasteiger partial charge in [0.2, 0.25) is 5.95 Å². The van der Waals surface area contributed by atoms with Gasteiger partial charge in [-0.1, -0.05) is 23.7 Å². The van der Waals surface area contributed by atoms with Gasteiger partial charge in [0.15, 0.2) is 0 Å². The second-order valence-corrected chi connectivity index (χ2v) is 7.02. The van der Waals surface area contributed by atoms with E-state index in [2.05, 4.69) is 20.2 Å². The molecule has 0 spiro atoms. The summed E-state index contributed by atoms with van der Waals surface area (Å²) in [4.78, 5) is 25.1. The van der Waals surface area contributed by atoms with Crippen LogP contribution in [0, 0.1) is 0 Å². The van der Waals surface area contributed by atoms with E-state index in [1.54, 1.807) is 18.5 Å². The molecule has 2 aromatic rings. The molecule has 1 aromatic heterocycles. The van der Waals surface area contributed by atoms with E-state index in [1.807, 2.05) is 43.0 Å². The Labute approximate surface area is 152 Å². The van der Waals surface area contributed by atoms with Crippen LogP contribution in [-0.4, -0.2) is 47.1 Å². The number of hydrogen-bond acceptors (Lipinski definition) is 4. The van der Waals surface area contributed by atoms with Crippen molar-refractivity contribution < 1.29 is 4.79 Å². The van der Waals surface area contributed by atoms with Crippen LogP contribution < -0.4 is 10.2 Å². The van der Waals surface area contributed by atoms with Crippen LogP contribution in [-0.2, 0) is 5.54 Å². The largest absolute Gasteiger partial charge is 0.337 e. The van der Waals surface area contributed by atoms with Crippen molar-refractivity contribution in [3.63, 3.8) is 0 Å². The number of benzene rings is 1. The summed E-state index contributed by atoms with van der Waals surface area (Å²) in [5.74, 6) is 0.712. The Kier molecular flexibility index (Phi) is 5.08. The molecule has 132 valence electrons. The van der Waals surface area contributed by atoms with Gasteiger partial charge in [-0.15, -0.1) is 0 Å². The number of hydrogen-bond donors (Lipinski definition) is 1. The van der Waals surface area contributed by atoms with Gasteiger partial charge in [-0.2, -0.15) is 0 Å². The highest BCUT2D eigenvalue weighted by Crippen LogP contribution is 2.22. The summed E-state index contributed by atoms with van der Waals surface area (Å²) in [5.41, 5.74) is 0.544. The Morgan fingerprint density at radius 2 is 1.68 bits per heavy atom. The maximum absolute atomic E-state index is 12.6. The van der Waals surface area contributed by atoms with Crippen molar-refractivity contribution in [2.75, 3.05) is 31.1 Å². The Balaban J connectivity index is 1.58. The number of piperazine rings is 1. The van der Waals surface area contributed by atoms with Gasteiger partial charge in [0.25, 0.3) is 0 Å². The summed E-state index contributed by atoms with van der Waals surface area (Å²) in [6, 6.07) is 9.29. The predicted molar refractivity (Wildman–Crippen MR) is 98.8 cm³/mol. The number of carbonyl (C=O) groups is 1. The molecule has 1 fully saturated rings. The van der Waals surface area contributed by atoms with Gasteiger partial charge in [-0.25, -0.2) is 14.8 Å². The maximum atomic E-state index is 12.6. The first-order valence-corrected chi connectivity index (χ1v) is 8.68. The van der Waals surface area contributed by atoms with Crippen LogP contribution in [0.5, 0.6) is 0 Å². The molecule has 7 heteroatoms. The highest BCUT2D eigenvalue weighted by Gasteiger charge is 2.28. The lowest BCUT2D eigenvalue weighted by molar-refractivity contribution is 0.183. The second-order valence-electron chi connectivity index (χ2n) is 6.58. The van der Waals surface area contributed by atoms with Crippen LogP contribution in [0.1, 0.15) is 19.4 Å². The van der Waals surface area contributed by atoms with E-state index in [1.165, 1.54) is 0 Å². The third-order valence-corrected chi connectivity index (χ3v) is 4.64. The molecule has 3 rings (SSSR count). The SMILES string of the molecule is CC(C)(NC(=O)N1CCN(c2ncccn2)CC1)c1ccc(Cl)cc1. The first kappa shape index (κ1) is 17.5. The summed E-state index contributed by atoms with van der Waals surface area (Å²) in [5, 5.41) is 3.80. The zero-order chi connectivity index (χ0) is 17.9. The van der Waals surface area contributed by atoms with Gasteiger partial charge in [0.1, 0.15) is 0 Å². The normalized spacial score (nSPS) is 15.2. The third kappa shape index (κ3) is 4.20. The minimum absolute atomic E-state index is 0.0615. The molecule has 0 aliphatic carbocycles. The summed E-state index contributed by atoms with van der Waals surface area (Å²) >= 11 is 5.94. The minimum atomic E-state index is -0.471. The fourth-order valence-electron chi connectivity index (χ4n) is 2.85. The van der Waals surface area contributed by atoms with Crippen molar-refractivity contribution in [3.8, 4) is 0 Å². The molecule has 0 atom stereocenters. The van der Waals surface area contributed by atoms with Gasteiger partial charge in [0.05, 0.1) is 5.54 Å². The lowest BCUT2D eigenvalue weighted by Gasteiger charge is -2.37. The molecule has 0 saturated carbocycles. The van der Waals surface area contributed by atoms with Gasteiger partial charge >= 0.3 is 6.03 Å². The second kappa shape index (κ2) is 7.27. The number of rotatable bonds is 3. The van der Waals surface area contributed by atoms with Gasteiger partial charge in [0, 0.05) is 43.6 Å². The van der Waals surface area contributed by atoms with Crippen LogP contribution in [0.25, 0.3) is 0 Å². The van der Waals surface area contributed by atoms with Gasteiger partial charge < -0.3 is 15.1 Å². The molecule has 1 aromatic carbocycles. The molecular weight excluding hydrogens is 338 g/mol. The lowest BCUT2D eigenvalue weighted by atomic mass is 9.94. The number of halogens is 1. The molecule has 0 unspecified atom stereocenters. The number of nitrogens with one attached hydrogen (secondary N) is 1. The van der Waals surface area contributed by atoms with Crippen molar-refractivity contribution >= 4 is 23.6 Å². The van der Waals surface area contributed by atoms with E-state index >= 15 is 0 Å². The molecule has 2 heterocycles. The Morgan fingerprint density at radius 1 is 1.08 bits per heavy atom. The number of carbonyl (C=O) groups excluding carboxylic acids is 1. The van der Waals surface area contributed by atoms with Crippen molar-refractivity contribution in [2.45, 2.75) is 19.4 Å². The van der Waals surface area contributed by atoms with E-state index in [0.717, 1.165) is 18.7 Å². The molecule has 1 saturated heterocycles. The van der Waals surface area contributed by atoms with Crippen LogP contribution in [0.4, 0.5) is 10.7 Å². The highest BCUT2D eigenvalue weighted by molar-refractivity contribution is 6.30. The number of nitrogens with zero attached hydrogens (tertiary/aromatic N) is 4. The first-order valence-electron chi connectivity index (χ1n) is 8.31. The monoisotopic (exact) mass is 359 g/mol. The van der Waals surface area contributed by atoms with E-state index in [-0.39, 0.29) is 6.03 Å². The minimum Gasteiger partial charge on any atom is -0.337 e. The zero-order valence-electron chi connectivity index (χ0n) is 14.4. The summed E-state index contributed by atoms with van der Waals surface area (Å²) in [7, 11) is 0. The van der Waals surface area contributed by atoms with Crippen molar-refractivity contribution in [3.05, 3.63) is 53.3 Å². The van der Waals surface area contributed by atoms with Crippen LogP contribution in [0.3, 0.4) is 0 Å². The van der Waals surface area contributed by atoms with Crippen LogP contribution in [0.15, 0.2) is 42.7 Å². The summed E-state index contributed by atoms with van der Waals surface area (Å²) in [6.45, 7) is 6.70. The summed E-state index contributed by atoms with van der Waals surface area (Å²) < 4.78 is 0. The average Bonchev–Trinajstić information content (AvgIpc) is 2.62. The van der Waals surface area contributed by atoms with E-state index in [9.17, 15) is 4.79 Å². The first-order chi connectivity index (χ1) is 12.0. The average molecular weight is 360 g/mol. The van der Waals surface area contributed by atoms with Crippen molar-refractivity contribution in [1.82, 2.24) is 20.2 Å². The zero-order valence-corrected chi connectivity index (χ0v) is 15.2. The smallest absolute Gasteiger partial charge is 0.318 e. The number of urea groups is 1. The van der Waals surface area contributed by atoms with Crippen molar-refractivity contribution in [1.29, 1.82) is 0 Å². The lowest BCUT2D eigenvalue weighted by Crippen LogP contribution is -2.55. The predicted octanol–water partition coefficient (Wildman–Crippen LogP) is 2.90. The number of amides is 2. The molecule has 6 nitrogen and oxygen atoms in total. The van der Waals surface area contributed by atoms with Crippen LogP contribution in [0.2, 0.25) is 5.02 Å². The maximum Gasteiger partial charge on any atom is 0.318 e. The molecule has 1 N–H and O–H groups in total. The van der Waals surface area contributed by atoms with Crippen LogP contribution >= 0.6 is 11.6 Å². The molecular formula is C18H22ClN5O.